The summed E-state index contributed by atoms with van der Waals surface area (Å²) in [7, 11) is 0. The largest absolute Gasteiger partial charge is 0.376 e. The van der Waals surface area contributed by atoms with Gasteiger partial charge in [0.1, 0.15) is 34.7 Å². The number of fused-ring (bicyclic) bond motifs is 3. The topological polar surface area (TPSA) is 111 Å². The first-order valence-corrected chi connectivity index (χ1v) is 12.8. The highest BCUT2D eigenvalue weighted by molar-refractivity contribution is 6.06. The van der Waals surface area contributed by atoms with Crippen LogP contribution in [0.2, 0.25) is 0 Å². The summed E-state index contributed by atoms with van der Waals surface area (Å²) in [5, 5.41) is 3.12. The maximum absolute atomic E-state index is 13.4. The number of nitrogens with one attached hydrogen (secondary N) is 1. The van der Waals surface area contributed by atoms with Crippen molar-refractivity contribution in [1.29, 1.82) is 0 Å². The standard InChI is InChI=1S/C27H28N8O2/c1-4-34-24(17-12-28-15(2)29-13-17)33-23-22(30-14-31-25(23)34)16-5-6-19-18(11-16)27(3,26(36)32-19)35-9-7-21-20(35)8-10-37-21/h5-6,11-14,20-21H,4,7-10H2,1-3H3,(H,32,36). The summed E-state index contributed by atoms with van der Waals surface area (Å²) in [5.74, 6) is 1.48. The van der Waals surface area contributed by atoms with Crippen molar-refractivity contribution in [2.45, 2.75) is 57.8 Å². The summed E-state index contributed by atoms with van der Waals surface area (Å²) < 4.78 is 7.99. The quantitative estimate of drug-likeness (QED) is 0.458. The normalized spacial score (nSPS) is 25.0. The predicted molar refractivity (Wildman–Crippen MR) is 138 cm³/mol. The molecule has 1 aromatic carbocycles. The summed E-state index contributed by atoms with van der Waals surface area (Å²) in [6.07, 6.45) is 7.27. The molecular formula is C27H28N8O2. The Balaban J connectivity index is 1.36. The zero-order valence-corrected chi connectivity index (χ0v) is 21.1. The molecule has 3 aliphatic rings. The number of carbonyl (C=O) groups excluding carboxylic acids is 1. The van der Waals surface area contributed by atoms with Crippen molar-refractivity contribution >= 4 is 22.8 Å². The number of likely N-dealkylation sites (tertiary alicyclic amines) is 1. The molecule has 3 atom stereocenters. The van der Waals surface area contributed by atoms with Crippen LogP contribution in [-0.4, -0.2) is 65.6 Å². The van der Waals surface area contributed by atoms with E-state index in [0.717, 1.165) is 65.5 Å². The van der Waals surface area contributed by atoms with E-state index in [1.807, 2.05) is 26.0 Å². The first-order chi connectivity index (χ1) is 18.0. The number of ether oxygens (including phenoxy) is 1. The van der Waals surface area contributed by atoms with Crippen LogP contribution in [-0.2, 0) is 21.6 Å². The molecule has 2 saturated heterocycles. The molecule has 3 unspecified atom stereocenters. The number of nitrogens with zero attached hydrogens (tertiary/aromatic N) is 7. The van der Waals surface area contributed by atoms with Gasteiger partial charge in [-0.2, -0.15) is 0 Å². The molecule has 0 radical (unpaired) electrons. The van der Waals surface area contributed by atoms with E-state index in [0.29, 0.717) is 17.9 Å². The fraction of sp³-hybridized carbons (Fsp3) is 0.407. The van der Waals surface area contributed by atoms with E-state index in [-0.39, 0.29) is 18.1 Å². The second-order valence-electron chi connectivity index (χ2n) is 10.1. The van der Waals surface area contributed by atoms with E-state index in [2.05, 4.69) is 47.7 Å². The van der Waals surface area contributed by atoms with E-state index < -0.39 is 5.54 Å². The molecule has 188 valence electrons. The molecule has 0 spiro atoms. The highest BCUT2D eigenvalue weighted by Crippen LogP contribution is 2.47. The van der Waals surface area contributed by atoms with Gasteiger partial charge in [0.2, 0.25) is 5.91 Å². The molecule has 0 bridgehead atoms. The maximum Gasteiger partial charge on any atom is 0.249 e. The number of rotatable bonds is 4. The van der Waals surface area contributed by atoms with Crippen LogP contribution in [0.3, 0.4) is 0 Å². The van der Waals surface area contributed by atoms with Gasteiger partial charge < -0.3 is 14.6 Å². The van der Waals surface area contributed by atoms with E-state index in [4.69, 9.17) is 9.72 Å². The van der Waals surface area contributed by atoms with Crippen LogP contribution in [0.1, 0.15) is 38.1 Å². The van der Waals surface area contributed by atoms with Gasteiger partial charge in [-0.15, -0.1) is 0 Å². The molecule has 37 heavy (non-hydrogen) atoms. The van der Waals surface area contributed by atoms with Gasteiger partial charge in [-0.1, -0.05) is 6.07 Å². The zero-order valence-electron chi connectivity index (χ0n) is 21.1. The lowest BCUT2D eigenvalue weighted by atomic mass is 9.88. The third-order valence-electron chi connectivity index (χ3n) is 8.20. The van der Waals surface area contributed by atoms with E-state index >= 15 is 0 Å². The fourth-order valence-corrected chi connectivity index (χ4v) is 6.29. The van der Waals surface area contributed by atoms with E-state index in [9.17, 15) is 4.79 Å². The van der Waals surface area contributed by atoms with Crippen molar-refractivity contribution < 1.29 is 9.53 Å². The van der Waals surface area contributed by atoms with Crippen LogP contribution in [0, 0.1) is 6.92 Å². The van der Waals surface area contributed by atoms with Crippen LogP contribution in [0.5, 0.6) is 0 Å². The summed E-state index contributed by atoms with van der Waals surface area (Å²) in [4.78, 5) is 38.7. The highest BCUT2D eigenvalue weighted by Gasteiger charge is 2.54. The Hall–Kier alpha value is -3.76. The van der Waals surface area contributed by atoms with E-state index in [1.54, 1.807) is 18.7 Å². The van der Waals surface area contributed by atoms with Gasteiger partial charge >= 0.3 is 0 Å². The van der Waals surface area contributed by atoms with Crippen LogP contribution >= 0.6 is 0 Å². The SMILES string of the molecule is CCn1c(-c2cnc(C)nc2)nc2c(-c3ccc4c(c3)C(C)(N3CCC5OCCC53)C(=O)N4)ncnc21. The summed E-state index contributed by atoms with van der Waals surface area (Å²) >= 11 is 0. The zero-order chi connectivity index (χ0) is 25.3. The molecule has 3 aliphatic heterocycles. The minimum absolute atomic E-state index is 0.0111. The monoisotopic (exact) mass is 496 g/mol. The van der Waals surface area contributed by atoms with Gasteiger partial charge in [0.25, 0.3) is 0 Å². The Morgan fingerprint density at radius 2 is 1.97 bits per heavy atom. The molecule has 0 aliphatic carbocycles. The predicted octanol–water partition coefficient (Wildman–Crippen LogP) is 3.31. The van der Waals surface area contributed by atoms with Crippen molar-refractivity contribution in [3.8, 4) is 22.6 Å². The van der Waals surface area contributed by atoms with Crippen LogP contribution in [0.15, 0.2) is 36.9 Å². The van der Waals surface area contributed by atoms with Gasteiger partial charge in [-0.05, 0) is 45.7 Å². The molecule has 6 heterocycles. The lowest BCUT2D eigenvalue weighted by Crippen LogP contribution is -2.51. The highest BCUT2D eigenvalue weighted by atomic mass is 16.5. The molecule has 3 aromatic heterocycles. The third-order valence-corrected chi connectivity index (χ3v) is 8.20. The molecule has 4 aromatic rings. The Morgan fingerprint density at radius 3 is 2.78 bits per heavy atom. The van der Waals surface area contributed by atoms with Crippen molar-refractivity contribution in [3.63, 3.8) is 0 Å². The summed E-state index contributed by atoms with van der Waals surface area (Å²) in [6.45, 7) is 8.24. The van der Waals surface area contributed by atoms with E-state index in [1.165, 1.54) is 0 Å². The average Bonchev–Trinajstić information content (AvgIpc) is 3.66. The van der Waals surface area contributed by atoms with Crippen LogP contribution < -0.4 is 5.32 Å². The smallest absolute Gasteiger partial charge is 0.249 e. The lowest BCUT2D eigenvalue weighted by molar-refractivity contribution is -0.127. The van der Waals surface area contributed by atoms with Crippen LogP contribution in [0.4, 0.5) is 5.69 Å². The van der Waals surface area contributed by atoms with Crippen molar-refractivity contribution in [2.75, 3.05) is 18.5 Å². The van der Waals surface area contributed by atoms with Crippen LogP contribution in [0.25, 0.3) is 33.8 Å². The Morgan fingerprint density at radius 1 is 1.14 bits per heavy atom. The van der Waals surface area contributed by atoms with Gasteiger partial charge in [-0.3, -0.25) is 9.69 Å². The summed E-state index contributed by atoms with van der Waals surface area (Å²) in [6, 6.07) is 6.33. The van der Waals surface area contributed by atoms with Crippen molar-refractivity contribution in [3.05, 3.63) is 48.3 Å². The number of amides is 1. The Labute approximate surface area is 214 Å². The second-order valence-corrected chi connectivity index (χ2v) is 10.1. The number of aryl methyl sites for hydroxylation is 2. The van der Waals surface area contributed by atoms with Gasteiger partial charge in [0, 0.05) is 54.9 Å². The molecule has 0 saturated carbocycles. The number of benzene rings is 1. The number of hydrogen-bond donors (Lipinski definition) is 1. The van der Waals surface area contributed by atoms with Gasteiger partial charge in [0.15, 0.2) is 5.65 Å². The number of anilines is 1. The minimum atomic E-state index is -0.766. The molecular weight excluding hydrogens is 468 g/mol. The second kappa shape index (κ2) is 8.12. The molecule has 10 nitrogen and oxygen atoms in total. The Kier molecular flexibility index (Phi) is 4.93. The molecule has 2 fully saturated rings. The first kappa shape index (κ1) is 22.4. The Bertz CT molecular complexity index is 1550. The number of aromatic nitrogens is 6. The lowest BCUT2D eigenvalue weighted by Gasteiger charge is -2.37. The first-order valence-electron chi connectivity index (χ1n) is 12.8. The fourth-order valence-electron chi connectivity index (χ4n) is 6.29. The molecule has 10 heteroatoms. The molecule has 1 amide bonds. The van der Waals surface area contributed by atoms with Gasteiger partial charge in [0.05, 0.1) is 11.7 Å². The number of imidazole rings is 1. The molecule has 1 N–H and O–H groups in total. The molecule has 7 rings (SSSR count). The maximum atomic E-state index is 13.4. The summed E-state index contributed by atoms with van der Waals surface area (Å²) in [5.41, 5.74) is 4.99. The average molecular weight is 497 g/mol. The number of carbonyl (C=O) groups is 1. The van der Waals surface area contributed by atoms with Crippen molar-refractivity contribution in [1.82, 2.24) is 34.4 Å². The number of hydrogen-bond acceptors (Lipinski definition) is 8. The van der Waals surface area contributed by atoms with Crippen molar-refractivity contribution in [2.24, 2.45) is 0 Å². The minimum Gasteiger partial charge on any atom is -0.376 e. The van der Waals surface area contributed by atoms with Gasteiger partial charge in [-0.25, -0.2) is 24.9 Å². The third kappa shape index (κ3) is 3.18.